The van der Waals surface area contributed by atoms with E-state index in [-0.39, 0.29) is 11.8 Å². The van der Waals surface area contributed by atoms with Gasteiger partial charge in [-0.1, -0.05) is 30.3 Å². The molecule has 0 unspecified atom stereocenters. The van der Waals surface area contributed by atoms with Crippen molar-refractivity contribution in [3.05, 3.63) is 59.2 Å². The van der Waals surface area contributed by atoms with Crippen LogP contribution in [0.15, 0.2) is 42.5 Å². The van der Waals surface area contributed by atoms with Crippen LogP contribution in [0.3, 0.4) is 0 Å². The van der Waals surface area contributed by atoms with Gasteiger partial charge in [-0.05, 0) is 42.2 Å². The molecule has 0 fully saturated rings. The molecule has 1 aliphatic rings. The molecular weight excluding hydrogens is 260 g/mol. The van der Waals surface area contributed by atoms with Gasteiger partial charge >= 0.3 is 0 Å². The van der Waals surface area contributed by atoms with Gasteiger partial charge in [-0.2, -0.15) is 0 Å². The topological polar surface area (TPSA) is 32.3 Å². The van der Waals surface area contributed by atoms with Gasteiger partial charge in [-0.3, -0.25) is 4.79 Å². The van der Waals surface area contributed by atoms with Crippen LogP contribution >= 0.6 is 0 Å². The predicted molar refractivity (Wildman–Crippen MR) is 87.0 cm³/mol. The average Bonchev–Trinajstić information content (AvgIpc) is 2.78. The van der Waals surface area contributed by atoms with Gasteiger partial charge in [0.25, 0.3) is 0 Å². The normalized spacial score (nSPS) is 16.5. The number of fused-ring (bicyclic) bond motifs is 1. The summed E-state index contributed by atoms with van der Waals surface area (Å²) in [6.07, 6.45) is 0.746. The maximum atomic E-state index is 12.2. The molecule has 0 radical (unpaired) electrons. The smallest absolute Gasteiger partial charge is 0.232 e. The highest BCUT2D eigenvalue weighted by atomic mass is 16.2. The third kappa shape index (κ3) is 2.51. The largest absolute Gasteiger partial charge is 0.378 e. The van der Waals surface area contributed by atoms with Crippen LogP contribution < -0.4 is 10.2 Å². The molecule has 0 bridgehead atoms. The summed E-state index contributed by atoms with van der Waals surface area (Å²) in [5.41, 5.74) is 5.61. The van der Waals surface area contributed by atoms with Gasteiger partial charge in [0.2, 0.25) is 5.91 Å². The SMILES string of the molecule is Cc1cccc2c1NC(=O)[C@@H]2Cc1ccc(N(C)C)cc1. The number of anilines is 2. The molecule has 108 valence electrons. The Morgan fingerprint density at radius 2 is 1.81 bits per heavy atom. The summed E-state index contributed by atoms with van der Waals surface area (Å²) < 4.78 is 0. The number of nitrogens with one attached hydrogen (secondary N) is 1. The maximum Gasteiger partial charge on any atom is 0.232 e. The van der Waals surface area contributed by atoms with Crippen molar-refractivity contribution in [2.75, 3.05) is 24.3 Å². The molecule has 21 heavy (non-hydrogen) atoms. The van der Waals surface area contributed by atoms with E-state index < -0.39 is 0 Å². The van der Waals surface area contributed by atoms with Gasteiger partial charge in [0, 0.05) is 25.5 Å². The van der Waals surface area contributed by atoms with Crippen molar-refractivity contribution in [3.63, 3.8) is 0 Å². The van der Waals surface area contributed by atoms with Crippen LogP contribution in [-0.2, 0) is 11.2 Å². The molecule has 3 rings (SSSR count). The highest BCUT2D eigenvalue weighted by Gasteiger charge is 2.31. The van der Waals surface area contributed by atoms with Crippen LogP contribution in [0.5, 0.6) is 0 Å². The van der Waals surface area contributed by atoms with E-state index in [0.717, 1.165) is 23.2 Å². The van der Waals surface area contributed by atoms with Crippen LogP contribution in [0, 0.1) is 6.92 Å². The number of carbonyl (C=O) groups is 1. The first kappa shape index (κ1) is 13.7. The Morgan fingerprint density at radius 1 is 1.10 bits per heavy atom. The Bertz CT molecular complexity index is 674. The summed E-state index contributed by atoms with van der Waals surface area (Å²) in [6, 6.07) is 14.5. The van der Waals surface area contributed by atoms with Crippen molar-refractivity contribution in [1.82, 2.24) is 0 Å². The van der Waals surface area contributed by atoms with Gasteiger partial charge in [0.1, 0.15) is 0 Å². The number of carbonyl (C=O) groups excluding carboxylic acids is 1. The standard InChI is InChI=1S/C18H20N2O/c1-12-5-4-6-15-16(18(21)19-17(12)15)11-13-7-9-14(10-8-13)20(2)3/h4-10,16H,11H2,1-3H3,(H,19,21)/t16-/m1/s1. The first-order valence-electron chi connectivity index (χ1n) is 7.23. The number of hydrogen-bond donors (Lipinski definition) is 1. The zero-order chi connectivity index (χ0) is 15.0. The Hall–Kier alpha value is -2.29. The van der Waals surface area contributed by atoms with Crippen molar-refractivity contribution in [3.8, 4) is 0 Å². The van der Waals surface area contributed by atoms with Gasteiger partial charge in [0.05, 0.1) is 5.92 Å². The number of nitrogens with zero attached hydrogens (tertiary/aromatic N) is 1. The number of benzene rings is 2. The monoisotopic (exact) mass is 280 g/mol. The average molecular weight is 280 g/mol. The van der Waals surface area contributed by atoms with Crippen LogP contribution in [-0.4, -0.2) is 20.0 Å². The molecule has 0 spiro atoms. The zero-order valence-corrected chi connectivity index (χ0v) is 12.7. The van der Waals surface area contributed by atoms with Gasteiger partial charge in [-0.25, -0.2) is 0 Å². The van der Waals surface area contributed by atoms with Crippen molar-refractivity contribution in [2.45, 2.75) is 19.3 Å². The molecule has 3 nitrogen and oxygen atoms in total. The van der Waals surface area contributed by atoms with Gasteiger partial charge in [0.15, 0.2) is 0 Å². The second kappa shape index (κ2) is 5.24. The number of para-hydroxylation sites is 1. The lowest BCUT2D eigenvalue weighted by Gasteiger charge is -2.14. The molecule has 0 aliphatic carbocycles. The maximum absolute atomic E-state index is 12.2. The fourth-order valence-electron chi connectivity index (χ4n) is 2.87. The third-order valence-electron chi connectivity index (χ3n) is 4.14. The molecule has 1 heterocycles. The minimum atomic E-state index is -0.0786. The molecule has 0 saturated carbocycles. The van der Waals surface area contributed by atoms with Crippen molar-refractivity contribution in [2.24, 2.45) is 0 Å². The summed E-state index contributed by atoms with van der Waals surface area (Å²) in [7, 11) is 4.05. The number of rotatable bonds is 3. The fraction of sp³-hybridized carbons (Fsp3) is 0.278. The Kier molecular flexibility index (Phi) is 3.42. The van der Waals surface area contributed by atoms with E-state index in [9.17, 15) is 4.79 Å². The molecular formula is C18H20N2O. The number of hydrogen-bond acceptors (Lipinski definition) is 2. The Labute approximate surface area is 125 Å². The molecule has 2 aromatic rings. The van der Waals surface area contributed by atoms with Gasteiger partial charge < -0.3 is 10.2 Å². The lowest BCUT2D eigenvalue weighted by molar-refractivity contribution is -0.117. The van der Waals surface area contributed by atoms with E-state index in [0.29, 0.717) is 0 Å². The van der Waals surface area contributed by atoms with E-state index in [1.165, 1.54) is 11.3 Å². The van der Waals surface area contributed by atoms with Gasteiger partial charge in [-0.15, -0.1) is 0 Å². The lowest BCUT2D eigenvalue weighted by Crippen LogP contribution is -2.14. The molecule has 1 atom stereocenters. The van der Waals surface area contributed by atoms with E-state index in [1.807, 2.05) is 33.2 Å². The minimum Gasteiger partial charge on any atom is -0.378 e. The molecule has 2 aromatic carbocycles. The van der Waals surface area contributed by atoms with E-state index in [4.69, 9.17) is 0 Å². The molecule has 3 heteroatoms. The summed E-state index contributed by atoms with van der Waals surface area (Å²) in [4.78, 5) is 14.3. The van der Waals surface area contributed by atoms with Crippen LogP contribution in [0.2, 0.25) is 0 Å². The summed E-state index contributed by atoms with van der Waals surface area (Å²) in [6.45, 7) is 2.04. The van der Waals surface area contributed by atoms with Crippen LogP contribution in [0.25, 0.3) is 0 Å². The fourth-order valence-corrected chi connectivity index (χ4v) is 2.87. The molecule has 1 aliphatic heterocycles. The second-order valence-electron chi connectivity index (χ2n) is 5.85. The number of amides is 1. The van der Waals surface area contributed by atoms with Crippen LogP contribution in [0.4, 0.5) is 11.4 Å². The Balaban J connectivity index is 1.86. The second-order valence-corrected chi connectivity index (χ2v) is 5.85. The summed E-state index contributed by atoms with van der Waals surface area (Å²) >= 11 is 0. The lowest BCUT2D eigenvalue weighted by atomic mass is 9.92. The van der Waals surface area contributed by atoms with E-state index in [1.54, 1.807) is 0 Å². The highest BCUT2D eigenvalue weighted by Crippen LogP contribution is 2.36. The predicted octanol–water partition coefficient (Wildman–Crippen LogP) is 3.34. The van der Waals surface area contributed by atoms with Crippen molar-refractivity contribution in [1.29, 1.82) is 0 Å². The third-order valence-corrected chi connectivity index (χ3v) is 4.14. The van der Waals surface area contributed by atoms with Crippen molar-refractivity contribution >= 4 is 17.3 Å². The first-order chi connectivity index (χ1) is 10.1. The molecule has 1 N–H and O–H groups in total. The summed E-state index contributed by atoms with van der Waals surface area (Å²) in [5, 5.41) is 3.02. The Morgan fingerprint density at radius 3 is 2.48 bits per heavy atom. The highest BCUT2D eigenvalue weighted by molar-refractivity contribution is 6.03. The molecule has 0 aromatic heterocycles. The van der Waals surface area contributed by atoms with Crippen LogP contribution in [0.1, 0.15) is 22.6 Å². The minimum absolute atomic E-state index is 0.0786. The first-order valence-corrected chi connectivity index (χ1v) is 7.23. The zero-order valence-electron chi connectivity index (χ0n) is 12.7. The molecule has 1 amide bonds. The number of aryl methyl sites for hydroxylation is 1. The van der Waals surface area contributed by atoms with E-state index in [2.05, 4.69) is 40.5 Å². The molecule has 0 saturated heterocycles. The van der Waals surface area contributed by atoms with E-state index >= 15 is 0 Å². The quantitative estimate of drug-likeness (QED) is 0.935. The van der Waals surface area contributed by atoms with Crippen molar-refractivity contribution < 1.29 is 4.79 Å². The summed E-state index contributed by atoms with van der Waals surface area (Å²) in [5.74, 6) is 0.0288.